The Morgan fingerprint density at radius 2 is 1.79 bits per heavy atom. The number of hydrogen-bond donors (Lipinski definition) is 2. The fourth-order valence-corrected chi connectivity index (χ4v) is 6.53. The van der Waals surface area contributed by atoms with E-state index in [0.717, 1.165) is 10.9 Å². The molecular formula is C33H38N4O5. The number of likely N-dealkylation sites (tertiary alicyclic amines) is 1. The Bertz CT molecular complexity index is 1440. The topological polar surface area (TPSA) is 114 Å². The first-order valence-corrected chi connectivity index (χ1v) is 15.0. The summed E-state index contributed by atoms with van der Waals surface area (Å²) in [7, 11) is 0. The Morgan fingerprint density at radius 3 is 2.62 bits per heavy atom. The number of benzene rings is 2. The summed E-state index contributed by atoms with van der Waals surface area (Å²) in [5, 5.41) is 11.4. The number of para-hydroxylation sites is 1. The predicted octanol–water partition coefficient (Wildman–Crippen LogP) is 3.58. The van der Waals surface area contributed by atoms with Crippen molar-refractivity contribution in [3.63, 3.8) is 0 Å². The average Bonchev–Trinajstić information content (AvgIpc) is 3.42. The molecular weight excluding hydrogens is 532 g/mol. The Labute approximate surface area is 245 Å². The van der Waals surface area contributed by atoms with E-state index >= 15 is 0 Å². The summed E-state index contributed by atoms with van der Waals surface area (Å²) in [6.45, 7) is 2.13. The van der Waals surface area contributed by atoms with E-state index in [1.54, 1.807) is 0 Å². The molecule has 42 heavy (non-hydrogen) atoms. The highest BCUT2D eigenvalue weighted by atomic mass is 16.5. The van der Waals surface area contributed by atoms with Crippen molar-refractivity contribution in [1.82, 2.24) is 20.7 Å². The number of fused-ring (bicyclic) bond motifs is 2. The van der Waals surface area contributed by atoms with E-state index < -0.39 is 11.5 Å². The summed E-state index contributed by atoms with van der Waals surface area (Å²) in [5.41, 5.74) is 1.71. The van der Waals surface area contributed by atoms with Crippen LogP contribution in [-0.4, -0.2) is 66.2 Å². The molecule has 6 rings (SSSR count). The third-order valence-electron chi connectivity index (χ3n) is 9.14. The van der Waals surface area contributed by atoms with Crippen molar-refractivity contribution >= 4 is 28.7 Å². The van der Waals surface area contributed by atoms with Gasteiger partial charge >= 0.3 is 0 Å². The van der Waals surface area contributed by atoms with Crippen LogP contribution in [0.2, 0.25) is 0 Å². The molecule has 220 valence electrons. The largest absolute Gasteiger partial charge is 0.381 e. The molecule has 2 saturated heterocycles. The SMILES string of the molecule is O=C1N[C@H]2CCN(C(=O)Cc3noc4ccccc34)C[C@H]2C/C=C/CC2(CCOCC2)C(=O)N[C@@H]1Cc1ccccc1. The summed E-state index contributed by atoms with van der Waals surface area (Å²) in [4.78, 5) is 42.8. The van der Waals surface area contributed by atoms with Crippen LogP contribution in [0.3, 0.4) is 0 Å². The smallest absolute Gasteiger partial charge is 0.243 e. The quantitative estimate of drug-likeness (QED) is 0.464. The minimum atomic E-state index is -0.691. The van der Waals surface area contributed by atoms with Crippen LogP contribution < -0.4 is 10.6 Å². The summed E-state index contributed by atoms with van der Waals surface area (Å²) in [5.74, 6) is -0.202. The van der Waals surface area contributed by atoms with Crippen LogP contribution in [0, 0.1) is 11.3 Å². The van der Waals surface area contributed by atoms with E-state index in [2.05, 4.69) is 27.9 Å². The lowest BCUT2D eigenvalue weighted by molar-refractivity contribution is -0.140. The normalized spacial score (nSPS) is 25.5. The number of rotatable bonds is 4. The lowest BCUT2D eigenvalue weighted by Crippen LogP contribution is -2.58. The summed E-state index contributed by atoms with van der Waals surface area (Å²) < 4.78 is 11.0. The van der Waals surface area contributed by atoms with Crippen LogP contribution >= 0.6 is 0 Å². The molecule has 9 nitrogen and oxygen atoms in total. The van der Waals surface area contributed by atoms with E-state index in [-0.39, 0.29) is 36.1 Å². The summed E-state index contributed by atoms with van der Waals surface area (Å²) >= 11 is 0. The van der Waals surface area contributed by atoms with E-state index in [9.17, 15) is 14.4 Å². The van der Waals surface area contributed by atoms with Crippen LogP contribution in [0.4, 0.5) is 0 Å². The molecule has 3 amide bonds. The van der Waals surface area contributed by atoms with Crippen molar-refractivity contribution in [3.8, 4) is 0 Å². The highest BCUT2D eigenvalue weighted by molar-refractivity contribution is 5.91. The molecule has 1 spiro atoms. The number of nitrogens with one attached hydrogen (secondary N) is 2. The van der Waals surface area contributed by atoms with Crippen molar-refractivity contribution in [2.75, 3.05) is 26.3 Å². The average molecular weight is 571 g/mol. The summed E-state index contributed by atoms with van der Waals surface area (Å²) in [6, 6.07) is 16.6. The number of amides is 3. The second-order valence-corrected chi connectivity index (χ2v) is 11.8. The Morgan fingerprint density at radius 1 is 1.00 bits per heavy atom. The van der Waals surface area contributed by atoms with E-state index in [1.807, 2.05) is 59.5 Å². The van der Waals surface area contributed by atoms with Crippen molar-refractivity contribution in [3.05, 3.63) is 78.0 Å². The van der Waals surface area contributed by atoms with Crippen LogP contribution in [0.25, 0.3) is 11.0 Å². The first-order valence-electron chi connectivity index (χ1n) is 15.0. The lowest BCUT2D eigenvalue weighted by atomic mass is 9.75. The number of nitrogens with zero attached hydrogens (tertiary/aromatic N) is 2. The first kappa shape index (κ1) is 28.2. The first-order chi connectivity index (χ1) is 20.5. The maximum absolute atomic E-state index is 13.8. The molecule has 0 bridgehead atoms. The van der Waals surface area contributed by atoms with Gasteiger partial charge < -0.3 is 24.8 Å². The lowest BCUT2D eigenvalue weighted by Gasteiger charge is -2.40. The molecule has 3 aliphatic heterocycles. The van der Waals surface area contributed by atoms with Gasteiger partial charge in [0.25, 0.3) is 0 Å². The molecule has 3 aromatic rings. The zero-order valence-corrected chi connectivity index (χ0v) is 23.8. The number of allylic oxidation sites excluding steroid dienone is 2. The van der Waals surface area contributed by atoms with Gasteiger partial charge in [0.05, 0.1) is 11.8 Å². The predicted molar refractivity (Wildman–Crippen MR) is 157 cm³/mol. The minimum Gasteiger partial charge on any atom is -0.381 e. The zero-order chi connectivity index (χ0) is 28.9. The highest BCUT2D eigenvalue weighted by Crippen LogP contribution is 2.36. The van der Waals surface area contributed by atoms with E-state index in [1.165, 1.54) is 0 Å². The standard InChI is InChI=1S/C33H38N4O5/c38-30(21-27-25-11-4-5-12-29(25)42-36-27)37-17-13-26-24(22-37)10-6-7-14-33(15-18-41-19-16-33)32(40)35-28(31(39)34-26)20-23-8-2-1-3-9-23/h1-9,11-12,24,26,28H,10,13-22H2,(H,34,39)(H,35,40)/b7-6+/t24-,26+,28-/m1/s1. The number of ether oxygens (including phenoxy) is 1. The van der Waals surface area contributed by atoms with Gasteiger partial charge in [-0.2, -0.15) is 0 Å². The highest BCUT2D eigenvalue weighted by Gasteiger charge is 2.41. The van der Waals surface area contributed by atoms with Crippen LogP contribution in [0.5, 0.6) is 0 Å². The Hall–Kier alpha value is -3.98. The molecule has 0 aliphatic carbocycles. The van der Waals surface area contributed by atoms with Crippen LogP contribution in [0.15, 0.2) is 71.3 Å². The van der Waals surface area contributed by atoms with Gasteiger partial charge in [-0.1, -0.05) is 59.8 Å². The van der Waals surface area contributed by atoms with Gasteiger partial charge in [-0.25, -0.2) is 0 Å². The molecule has 0 unspecified atom stereocenters. The molecule has 2 N–H and O–H groups in total. The third kappa shape index (κ3) is 6.11. The maximum atomic E-state index is 13.8. The second-order valence-electron chi connectivity index (χ2n) is 11.8. The number of carbonyl (C=O) groups is 3. The van der Waals surface area contributed by atoms with Crippen molar-refractivity contribution in [2.24, 2.45) is 11.3 Å². The molecule has 0 saturated carbocycles. The van der Waals surface area contributed by atoms with Gasteiger partial charge in [0.1, 0.15) is 11.7 Å². The van der Waals surface area contributed by atoms with Gasteiger partial charge in [0, 0.05) is 50.1 Å². The monoisotopic (exact) mass is 570 g/mol. The van der Waals surface area contributed by atoms with Gasteiger partial charge in [0.15, 0.2) is 5.58 Å². The van der Waals surface area contributed by atoms with Crippen molar-refractivity contribution < 1.29 is 23.6 Å². The van der Waals surface area contributed by atoms with Gasteiger partial charge in [-0.3, -0.25) is 14.4 Å². The van der Waals surface area contributed by atoms with Crippen molar-refractivity contribution in [1.29, 1.82) is 0 Å². The molecule has 4 heterocycles. The second kappa shape index (κ2) is 12.5. The van der Waals surface area contributed by atoms with Gasteiger partial charge in [0.2, 0.25) is 17.7 Å². The molecule has 2 fully saturated rings. The minimum absolute atomic E-state index is 0.00398. The number of aromatic nitrogens is 1. The fraction of sp³-hybridized carbons (Fsp3) is 0.455. The fourth-order valence-electron chi connectivity index (χ4n) is 6.53. The molecule has 2 aromatic carbocycles. The van der Waals surface area contributed by atoms with E-state index in [4.69, 9.17) is 9.26 Å². The zero-order valence-electron chi connectivity index (χ0n) is 23.8. The van der Waals surface area contributed by atoms with E-state index in [0.29, 0.717) is 76.1 Å². The molecule has 0 radical (unpaired) electrons. The van der Waals surface area contributed by atoms with Crippen LogP contribution in [0.1, 0.15) is 43.4 Å². The van der Waals surface area contributed by atoms with Crippen LogP contribution in [-0.2, 0) is 32.0 Å². The Kier molecular flexibility index (Phi) is 8.37. The molecule has 9 heteroatoms. The Balaban J connectivity index is 1.21. The third-order valence-corrected chi connectivity index (χ3v) is 9.14. The van der Waals surface area contributed by atoms with Crippen molar-refractivity contribution in [2.45, 2.75) is 57.0 Å². The number of piperidine rings is 1. The summed E-state index contributed by atoms with van der Waals surface area (Å²) in [6.07, 6.45) is 8.00. The van der Waals surface area contributed by atoms with Gasteiger partial charge in [-0.15, -0.1) is 0 Å². The maximum Gasteiger partial charge on any atom is 0.243 e. The molecule has 3 atom stereocenters. The number of hydrogen-bond acceptors (Lipinski definition) is 6. The molecule has 1 aromatic heterocycles. The van der Waals surface area contributed by atoms with Gasteiger partial charge in [-0.05, 0) is 49.8 Å². The molecule has 3 aliphatic rings. The number of carbonyl (C=O) groups excluding carboxylic acids is 3.